The van der Waals surface area contributed by atoms with E-state index in [4.69, 9.17) is 4.74 Å². The maximum absolute atomic E-state index is 5.69. The fourth-order valence-electron chi connectivity index (χ4n) is 2.40. The lowest BCUT2D eigenvalue weighted by molar-refractivity contribution is 0.260. The molecule has 1 fully saturated rings. The van der Waals surface area contributed by atoms with Crippen molar-refractivity contribution >= 4 is 5.82 Å². The summed E-state index contributed by atoms with van der Waals surface area (Å²) in [7, 11) is 0. The summed E-state index contributed by atoms with van der Waals surface area (Å²) in [6.45, 7) is 6.87. The van der Waals surface area contributed by atoms with Gasteiger partial charge in [-0.1, -0.05) is 33.1 Å². The number of hydrogen-bond donors (Lipinski definition) is 1. The van der Waals surface area contributed by atoms with E-state index in [-0.39, 0.29) is 0 Å². The van der Waals surface area contributed by atoms with Gasteiger partial charge in [-0.15, -0.1) is 0 Å². The Labute approximate surface area is 116 Å². The van der Waals surface area contributed by atoms with Crippen molar-refractivity contribution in [3.63, 3.8) is 0 Å². The van der Waals surface area contributed by atoms with Crippen molar-refractivity contribution in [2.24, 2.45) is 5.92 Å². The molecule has 0 aromatic carbocycles. The maximum Gasteiger partial charge on any atom is 0.218 e. The monoisotopic (exact) mass is 263 g/mol. The Kier molecular flexibility index (Phi) is 5.00. The largest absolute Gasteiger partial charge is 0.477 e. The quantitative estimate of drug-likeness (QED) is 0.882. The van der Waals surface area contributed by atoms with Crippen LogP contribution in [0.4, 0.5) is 5.82 Å². The molecule has 4 nitrogen and oxygen atoms in total. The topological polar surface area (TPSA) is 47.0 Å². The van der Waals surface area contributed by atoms with E-state index in [1.807, 2.05) is 13.0 Å². The van der Waals surface area contributed by atoms with E-state index in [0.717, 1.165) is 11.6 Å². The Morgan fingerprint density at radius 2 is 2.00 bits per heavy atom. The van der Waals surface area contributed by atoms with Gasteiger partial charge in [0.1, 0.15) is 11.6 Å². The van der Waals surface area contributed by atoms with Crippen LogP contribution < -0.4 is 10.1 Å². The number of nitrogens with zero attached hydrogens (tertiary/aromatic N) is 2. The molecule has 0 unspecified atom stereocenters. The third-order valence-electron chi connectivity index (χ3n) is 3.34. The number of nitrogens with one attached hydrogen (secondary N) is 1. The average Bonchev–Trinajstić information content (AvgIpc) is 2.37. The highest BCUT2D eigenvalue weighted by Gasteiger charge is 2.14. The fraction of sp³-hybridized carbons (Fsp3) is 0.733. The number of rotatable bonds is 5. The predicted octanol–water partition coefficient (Wildman–Crippen LogP) is 3.56. The lowest BCUT2D eigenvalue weighted by Crippen LogP contribution is -2.23. The first kappa shape index (κ1) is 14.1. The van der Waals surface area contributed by atoms with Crippen molar-refractivity contribution in [3.8, 4) is 5.88 Å². The molecule has 1 aromatic heterocycles. The molecule has 1 saturated carbocycles. The summed E-state index contributed by atoms with van der Waals surface area (Å²) in [5.41, 5.74) is 0. The molecule has 0 radical (unpaired) electrons. The number of ether oxygens (including phenoxy) is 1. The van der Waals surface area contributed by atoms with Gasteiger partial charge in [0.2, 0.25) is 5.88 Å². The third kappa shape index (κ3) is 4.69. The summed E-state index contributed by atoms with van der Waals surface area (Å²) >= 11 is 0. The molecule has 0 saturated heterocycles. The standard InChI is InChI=1S/C15H25N3O/c1-11(2)10-19-15-9-14(16-12(3)17-15)18-13-7-5-4-6-8-13/h9,11,13H,4-8,10H2,1-3H3,(H,16,17,18). The highest BCUT2D eigenvalue weighted by Crippen LogP contribution is 2.22. The van der Waals surface area contributed by atoms with Gasteiger partial charge < -0.3 is 10.1 Å². The Balaban J connectivity index is 1.99. The molecular formula is C15H25N3O. The number of aryl methyl sites for hydroxylation is 1. The zero-order valence-corrected chi connectivity index (χ0v) is 12.3. The van der Waals surface area contributed by atoms with Crippen LogP contribution in [0.15, 0.2) is 6.07 Å². The minimum atomic E-state index is 0.505. The average molecular weight is 263 g/mol. The zero-order chi connectivity index (χ0) is 13.7. The second-order valence-corrected chi connectivity index (χ2v) is 5.82. The molecule has 0 amide bonds. The van der Waals surface area contributed by atoms with Crippen molar-refractivity contribution in [1.29, 1.82) is 0 Å². The lowest BCUT2D eigenvalue weighted by Gasteiger charge is -2.23. The summed E-state index contributed by atoms with van der Waals surface area (Å²) in [4.78, 5) is 8.78. The molecule has 2 rings (SSSR count). The summed E-state index contributed by atoms with van der Waals surface area (Å²) in [5.74, 6) is 2.85. The number of anilines is 1. The van der Waals surface area contributed by atoms with Gasteiger partial charge in [0.05, 0.1) is 6.61 Å². The summed E-state index contributed by atoms with van der Waals surface area (Å²) in [6.07, 6.45) is 6.48. The van der Waals surface area contributed by atoms with Crippen molar-refractivity contribution in [3.05, 3.63) is 11.9 Å². The minimum absolute atomic E-state index is 0.505. The first-order valence-electron chi connectivity index (χ1n) is 7.38. The van der Waals surface area contributed by atoms with E-state index in [2.05, 4.69) is 29.1 Å². The molecule has 19 heavy (non-hydrogen) atoms. The van der Waals surface area contributed by atoms with E-state index in [1.165, 1.54) is 32.1 Å². The van der Waals surface area contributed by atoms with Crippen LogP contribution in [-0.2, 0) is 0 Å². The summed E-state index contributed by atoms with van der Waals surface area (Å²) in [5, 5.41) is 3.52. The Bertz CT molecular complexity index is 400. The first-order chi connectivity index (χ1) is 9.13. The van der Waals surface area contributed by atoms with Gasteiger partial charge in [0, 0.05) is 12.1 Å². The highest BCUT2D eigenvalue weighted by atomic mass is 16.5. The minimum Gasteiger partial charge on any atom is -0.477 e. The molecule has 1 heterocycles. The molecule has 0 atom stereocenters. The number of hydrogen-bond acceptors (Lipinski definition) is 4. The van der Waals surface area contributed by atoms with Crippen molar-refractivity contribution in [2.45, 2.75) is 58.9 Å². The molecule has 106 valence electrons. The van der Waals surface area contributed by atoms with Crippen LogP contribution in [0.1, 0.15) is 51.8 Å². The molecule has 1 aromatic rings. The summed E-state index contributed by atoms with van der Waals surface area (Å²) in [6, 6.07) is 2.48. The van der Waals surface area contributed by atoms with E-state index >= 15 is 0 Å². The van der Waals surface area contributed by atoms with Crippen LogP contribution in [-0.4, -0.2) is 22.6 Å². The molecule has 4 heteroatoms. The fourth-order valence-corrected chi connectivity index (χ4v) is 2.40. The molecule has 0 spiro atoms. The Hall–Kier alpha value is -1.32. The van der Waals surface area contributed by atoms with Crippen molar-refractivity contribution < 1.29 is 4.74 Å². The molecule has 1 aliphatic carbocycles. The van der Waals surface area contributed by atoms with Gasteiger partial charge in [0.15, 0.2) is 0 Å². The second-order valence-electron chi connectivity index (χ2n) is 5.82. The lowest BCUT2D eigenvalue weighted by atomic mass is 9.95. The first-order valence-corrected chi connectivity index (χ1v) is 7.38. The Morgan fingerprint density at radius 3 is 2.68 bits per heavy atom. The van der Waals surface area contributed by atoms with Crippen LogP contribution in [0, 0.1) is 12.8 Å². The SMILES string of the molecule is Cc1nc(NC2CCCCC2)cc(OCC(C)C)n1. The number of aromatic nitrogens is 2. The van der Waals surface area contributed by atoms with Crippen LogP contribution in [0.3, 0.4) is 0 Å². The summed E-state index contributed by atoms with van der Waals surface area (Å²) < 4.78 is 5.69. The van der Waals surface area contributed by atoms with Crippen LogP contribution in [0.2, 0.25) is 0 Å². The van der Waals surface area contributed by atoms with Gasteiger partial charge in [-0.3, -0.25) is 0 Å². The normalized spacial score (nSPS) is 16.6. The second kappa shape index (κ2) is 6.73. The van der Waals surface area contributed by atoms with Gasteiger partial charge in [0.25, 0.3) is 0 Å². The smallest absolute Gasteiger partial charge is 0.218 e. The zero-order valence-electron chi connectivity index (χ0n) is 12.3. The van der Waals surface area contributed by atoms with E-state index in [9.17, 15) is 0 Å². The van der Waals surface area contributed by atoms with Gasteiger partial charge in [-0.2, -0.15) is 4.98 Å². The highest BCUT2D eigenvalue weighted by molar-refractivity contribution is 5.39. The van der Waals surface area contributed by atoms with E-state index in [1.54, 1.807) is 0 Å². The van der Waals surface area contributed by atoms with Crippen LogP contribution >= 0.6 is 0 Å². The Morgan fingerprint density at radius 1 is 1.26 bits per heavy atom. The van der Waals surface area contributed by atoms with Crippen molar-refractivity contribution in [1.82, 2.24) is 9.97 Å². The molecule has 0 bridgehead atoms. The van der Waals surface area contributed by atoms with E-state index in [0.29, 0.717) is 24.4 Å². The van der Waals surface area contributed by atoms with Crippen molar-refractivity contribution in [2.75, 3.05) is 11.9 Å². The predicted molar refractivity (Wildman–Crippen MR) is 77.6 cm³/mol. The van der Waals surface area contributed by atoms with E-state index < -0.39 is 0 Å². The third-order valence-corrected chi connectivity index (χ3v) is 3.34. The maximum atomic E-state index is 5.69. The molecule has 1 aliphatic rings. The molecular weight excluding hydrogens is 238 g/mol. The van der Waals surface area contributed by atoms with Crippen LogP contribution in [0.25, 0.3) is 0 Å². The van der Waals surface area contributed by atoms with Gasteiger partial charge in [-0.05, 0) is 25.7 Å². The molecule has 0 aliphatic heterocycles. The van der Waals surface area contributed by atoms with Crippen LogP contribution in [0.5, 0.6) is 5.88 Å². The van der Waals surface area contributed by atoms with Gasteiger partial charge in [-0.25, -0.2) is 4.98 Å². The molecule has 1 N–H and O–H groups in total. The van der Waals surface area contributed by atoms with Gasteiger partial charge >= 0.3 is 0 Å².